The number of hydrogen-bond acceptors (Lipinski definition) is 2. The smallest absolute Gasteiger partial charge is 0.448 e. The predicted molar refractivity (Wildman–Crippen MR) is 47.3 cm³/mol. The molecule has 0 rings (SSSR count). The lowest BCUT2D eigenvalue weighted by Crippen LogP contribution is -2.20. The Morgan fingerprint density at radius 2 is 1.73 bits per heavy atom. The fourth-order valence-electron chi connectivity index (χ4n) is 1.09. The van der Waals surface area contributed by atoms with Crippen LogP contribution in [-0.2, 0) is 9.53 Å². The van der Waals surface area contributed by atoms with Crippen LogP contribution in [-0.4, -0.2) is 23.9 Å². The van der Waals surface area contributed by atoms with E-state index in [2.05, 4.69) is 4.74 Å². The minimum atomic E-state index is -4.63. The molecule has 6 heteroatoms. The highest BCUT2D eigenvalue weighted by Crippen LogP contribution is 2.31. The van der Waals surface area contributed by atoms with Crippen molar-refractivity contribution in [3.05, 3.63) is 11.3 Å². The van der Waals surface area contributed by atoms with Gasteiger partial charge < -0.3 is 9.84 Å². The Balaban J connectivity index is 4.88. The first-order chi connectivity index (χ1) is 6.82. The van der Waals surface area contributed by atoms with Crippen LogP contribution in [0.25, 0.3) is 0 Å². The second kappa shape index (κ2) is 5.63. The Labute approximate surface area is 85.5 Å². The van der Waals surface area contributed by atoms with E-state index in [-0.39, 0.29) is 18.4 Å². The van der Waals surface area contributed by atoms with Crippen molar-refractivity contribution in [1.29, 1.82) is 0 Å². The molecule has 0 aliphatic carbocycles. The number of ether oxygens (including phenoxy) is 1. The third kappa shape index (κ3) is 4.71. The molecule has 0 heterocycles. The number of halogens is 3. The largest absolute Gasteiger partial charge is 0.479 e. The summed E-state index contributed by atoms with van der Waals surface area (Å²) in [6.07, 6.45) is -4.26. The van der Waals surface area contributed by atoms with Crippen molar-refractivity contribution in [3.63, 3.8) is 0 Å². The fraction of sp³-hybridized carbons (Fsp3) is 0.667. The molecule has 0 aliphatic heterocycles. The molecule has 1 N–H and O–H groups in total. The van der Waals surface area contributed by atoms with Crippen molar-refractivity contribution in [2.75, 3.05) is 6.61 Å². The van der Waals surface area contributed by atoms with Gasteiger partial charge >= 0.3 is 12.1 Å². The third-order valence-corrected chi connectivity index (χ3v) is 1.77. The number of carboxylic acids is 1. The van der Waals surface area contributed by atoms with Gasteiger partial charge in [-0.3, -0.25) is 0 Å². The summed E-state index contributed by atoms with van der Waals surface area (Å²) in [7, 11) is 0. The molecule has 0 unspecified atom stereocenters. The zero-order chi connectivity index (χ0) is 12.1. The number of rotatable bonds is 5. The molecule has 15 heavy (non-hydrogen) atoms. The second-order valence-electron chi connectivity index (χ2n) is 2.82. The number of carboxylic acid groups (broad SMARTS) is 1. The zero-order valence-corrected chi connectivity index (χ0v) is 8.52. The van der Waals surface area contributed by atoms with Gasteiger partial charge in [0.25, 0.3) is 0 Å². The Morgan fingerprint density at radius 3 is 2.00 bits per heavy atom. The lowest BCUT2D eigenvalue weighted by Gasteiger charge is -2.16. The summed E-state index contributed by atoms with van der Waals surface area (Å²) >= 11 is 0. The van der Waals surface area contributed by atoms with Crippen molar-refractivity contribution in [3.8, 4) is 0 Å². The molecule has 0 aromatic heterocycles. The van der Waals surface area contributed by atoms with Gasteiger partial charge in [0.2, 0.25) is 5.76 Å². The number of carbonyl (C=O) groups is 1. The first-order valence-corrected chi connectivity index (χ1v) is 4.46. The maximum Gasteiger partial charge on any atom is 0.448 e. The van der Waals surface area contributed by atoms with E-state index in [1.54, 1.807) is 13.8 Å². The van der Waals surface area contributed by atoms with Gasteiger partial charge in [0.1, 0.15) is 0 Å². The zero-order valence-electron chi connectivity index (χ0n) is 8.52. The van der Waals surface area contributed by atoms with E-state index in [4.69, 9.17) is 5.11 Å². The Morgan fingerprint density at radius 1 is 1.27 bits per heavy atom. The quantitative estimate of drug-likeness (QED) is 0.733. The van der Waals surface area contributed by atoms with Gasteiger partial charge in [0.15, 0.2) is 6.61 Å². The van der Waals surface area contributed by atoms with E-state index in [0.29, 0.717) is 0 Å². The third-order valence-electron chi connectivity index (χ3n) is 1.77. The molecule has 0 saturated carbocycles. The molecule has 88 valence electrons. The number of aliphatic carboxylic acids is 1. The highest BCUT2D eigenvalue weighted by Gasteiger charge is 2.38. The van der Waals surface area contributed by atoms with Gasteiger partial charge in [-0.1, -0.05) is 13.8 Å². The van der Waals surface area contributed by atoms with E-state index in [1.165, 1.54) is 0 Å². The van der Waals surface area contributed by atoms with Crippen LogP contribution in [0.15, 0.2) is 11.3 Å². The van der Waals surface area contributed by atoms with Crippen molar-refractivity contribution in [2.45, 2.75) is 32.9 Å². The van der Waals surface area contributed by atoms with Gasteiger partial charge in [-0.05, 0) is 18.4 Å². The molecule has 0 fully saturated rings. The van der Waals surface area contributed by atoms with Gasteiger partial charge in [0, 0.05) is 0 Å². The van der Waals surface area contributed by atoms with Crippen molar-refractivity contribution < 1.29 is 27.8 Å². The standard InChI is InChI=1S/C9H13F3O3/c1-3-6(4-2)8(9(10,11)12)15-5-7(13)14/h3-5H2,1-2H3,(H,13,14). The van der Waals surface area contributed by atoms with Crippen LogP contribution < -0.4 is 0 Å². The average Bonchev–Trinajstić information content (AvgIpc) is 2.09. The van der Waals surface area contributed by atoms with Crippen molar-refractivity contribution in [2.24, 2.45) is 0 Å². The first kappa shape index (κ1) is 13.8. The second-order valence-corrected chi connectivity index (χ2v) is 2.82. The normalized spacial score (nSPS) is 11.0. The molecule has 0 bridgehead atoms. The Kier molecular flexibility index (Phi) is 5.18. The topological polar surface area (TPSA) is 46.5 Å². The highest BCUT2D eigenvalue weighted by molar-refractivity contribution is 5.68. The summed E-state index contributed by atoms with van der Waals surface area (Å²) in [6, 6.07) is 0. The van der Waals surface area contributed by atoms with Crippen molar-refractivity contribution in [1.82, 2.24) is 0 Å². The highest BCUT2D eigenvalue weighted by atomic mass is 19.4. The van der Waals surface area contributed by atoms with Gasteiger partial charge in [0.05, 0.1) is 0 Å². The van der Waals surface area contributed by atoms with E-state index in [0.717, 1.165) is 0 Å². The molecule has 0 spiro atoms. The summed E-state index contributed by atoms with van der Waals surface area (Å²) in [5, 5.41) is 8.24. The molecule has 0 aromatic carbocycles. The van der Waals surface area contributed by atoms with Gasteiger partial charge in [-0.2, -0.15) is 13.2 Å². The van der Waals surface area contributed by atoms with Gasteiger partial charge in [-0.15, -0.1) is 0 Å². The minimum Gasteiger partial charge on any atom is -0.479 e. The molecular weight excluding hydrogens is 213 g/mol. The van der Waals surface area contributed by atoms with Crippen LogP contribution >= 0.6 is 0 Å². The maximum atomic E-state index is 12.4. The molecule has 0 radical (unpaired) electrons. The lowest BCUT2D eigenvalue weighted by molar-refractivity contribution is -0.151. The molecule has 0 atom stereocenters. The summed E-state index contributed by atoms with van der Waals surface area (Å²) in [5.74, 6) is -2.60. The number of allylic oxidation sites excluding steroid dienone is 2. The summed E-state index contributed by atoms with van der Waals surface area (Å²) in [4.78, 5) is 10.1. The van der Waals surface area contributed by atoms with E-state index in [9.17, 15) is 18.0 Å². The fourth-order valence-corrected chi connectivity index (χ4v) is 1.09. The number of hydrogen-bond donors (Lipinski definition) is 1. The molecule has 0 aromatic rings. The number of alkyl halides is 3. The van der Waals surface area contributed by atoms with Crippen LogP contribution in [0.3, 0.4) is 0 Å². The van der Waals surface area contributed by atoms with Crippen molar-refractivity contribution >= 4 is 5.97 Å². The first-order valence-electron chi connectivity index (χ1n) is 4.46. The van der Waals surface area contributed by atoms with Crippen LogP contribution in [0.1, 0.15) is 26.7 Å². The lowest BCUT2D eigenvalue weighted by atomic mass is 10.1. The summed E-state index contributed by atoms with van der Waals surface area (Å²) in [5.41, 5.74) is 0.0729. The van der Waals surface area contributed by atoms with Crippen LogP contribution in [0.5, 0.6) is 0 Å². The van der Waals surface area contributed by atoms with Crippen LogP contribution in [0.4, 0.5) is 13.2 Å². The summed E-state index contributed by atoms with van der Waals surface area (Å²) in [6.45, 7) is 2.15. The summed E-state index contributed by atoms with van der Waals surface area (Å²) < 4.78 is 41.5. The molecule has 0 aliphatic rings. The minimum absolute atomic E-state index is 0.0729. The molecule has 0 amide bonds. The van der Waals surface area contributed by atoms with E-state index in [1.807, 2.05) is 0 Å². The molecular formula is C9H13F3O3. The molecule has 3 nitrogen and oxygen atoms in total. The monoisotopic (exact) mass is 226 g/mol. The van der Waals surface area contributed by atoms with Crippen LogP contribution in [0.2, 0.25) is 0 Å². The van der Waals surface area contributed by atoms with E-state index >= 15 is 0 Å². The maximum absolute atomic E-state index is 12.4. The van der Waals surface area contributed by atoms with E-state index < -0.39 is 24.5 Å². The predicted octanol–water partition coefficient (Wildman–Crippen LogP) is 2.72. The Bertz CT molecular complexity index is 250. The van der Waals surface area contributed by atoms with Crippen LogP contribution in [0, 0.1) is 0 Å². The SMILES string of the molecule is CCC(CC)=C(OCC(=O)O)C(F)(F)F. The van der Waals surface area contributed by atoms with Gasteiger partial charge in [-0.25, -0.2) is 4.79 Å². The molecule has 0 saturated heterocycles. The average molecular weight is 226 g/mol. The Hall–Kier alpha value is -1.20.